The first-order valence-corrected chi connectivity index (χ1v) is 7.23. The smallest absolute Gasteiger partial charge is 0.332 e. The summed E-state index contributed by atoms with van der Waals surface area (Å²) >= 11 is 1.46. The molecule has 0 aliphatic carbocycles. The number of rotatable bonds is 7. The Hall–Kier alpha value is -1.14. The standard InChI is InChI=1S/C13H20N2O3S/c1-5-18-11(12(16)17)6-7-19-13-14-9(3)8(2)10(4)15-13/h11H,5-7H2,1-4H3,(H,16,17). The zero-order valence-corrected chi connectivity index (χ0v) is 12.6. The summed E-state index contributed by atoms with van der Waals surface area (Å²) in [5, 5.41) is 9.66. The van der Waals surface area contributed by atoms with Crippen LogP contribution < -0.4 is 0 Å². The third-order valence-electron chi connectivity index (χ3n) is 2.87. The van der Waals surface area contributed by atoms with Crippen molar-refractivity contribution in [3.05, 3.63) is 17.0 Å². The molecule has 0 saturated carbocycles. The van der Waals surface area contributed by atoms with Gasteiger partial charge in [-0.25, -0.2) is 14.8 Å². The monoisotopic (exact) mass is 284 g/mol. The number of aromatic nitrogens is 2. The summed E-state index contributed by atoms with van der Waals surface area (Å²) in [4.78, 5) is 19.7. The van der Waals surface area contributed by atoms with Crippen LogP contribution in [-0.4, -0.2) is 39.5 Å². The highest BCUT2D eigenvalue weighted by atomic mass is 32.2. The molecule has 1 rings (SSSR count). The minimum absolute atomic E-state index is 0.404. The molecule has 1 N–H and O–H groups in total. The fraction of sp³-hybridized carbons (Fsp3) is 0.615. The molecule has 0 aliphatic heterocycles. The van der Waals surface area contributed by atoms with Gasteiger partial charge < -0.3 is 9.84 Å². The third kappa shape index (κ3) is 4.80. The van der Waals surface area contributed by atoms with Crippen molar-refractivity contribution in [2.45, 2.75) is 45.4 Å². The molecule has 6 heteroatoms. The van der Waals surface area contributed by atoms with E-state index in [-0.39, 0.29) is 0 Å². The minimum atomic E-state index is -0.917. The maximum Gasteiger partial charge on any atom is 0.332 e. The van der Waals surface area contributed by atoms with E-state index in [1.807, 2.05) is 20.8 Å². The molecule has 5 nitrogen and oxygen atoms in total. The largest absolute Gasteiger partial charge is 0.479 e. The van der Waals surface area contributed by atoms with Crippen LogP contribution in [0.1, 0.15) is 30.3 Å². The lowest BCUT2D eigenvalue weighted by Crippen LogP contribution is -2.24. The van der Waals surface area contributed by atoms with Gasteiger partial charge in [0.2, 0.25) is 0 Å². The fourth-order valence-corrected chi connectivity index (χ4v) is 2.46. The Morgan fingerprint density at radius 1 is 1.32 bits per heavy atom. The summed E-state index contributed by atoms with van der Waals surface area (Å²) in [5.41, 5.74) is 3.03. The minimum Gasteiger partial charge on any atom is -0.479 e. The lowest BCUT2D eigenvalue weighted by Gasteiger charge is -2.12. The molecule has 1 aromatic heterocycles. The first-order chi connectivity index (χ1) is 8.95. The predicted octanol–water partition coefficient (Wildman–Crippen LogP) is 2.37. The van der Waals surface area contributed by atoms with Gasteiger partial charge in [0.25, 0.3) is 0 Å². The molecule has 0 fully saturated rings. The van der Waals surface area contributed by atoms with E-state index < -0.39 is 12.1 Å². The summed E-state index contributed by atoms with van der Waals surface area (Å²) in [6.45, 7) is 8.09. The molecule has 106 valence electrons. The number of hydrogen-bond acceptors (Lipinski definition) is 5. The number of thioether (sulfide) groups is 1. The van der Waals surface area contributed by atoms with Gasteiger partial charge in [0.05, 0.1) is 0 Å². The molecule has 0 radical (unpaired) electrons. The summed E-state index contributed by atoms with van der Waals surface area (Å²) < 4.78 is 5.15. The topological polar surface area (TPSA) is 72.3 Å². The van der Waals surface area contributed by atoms with Crippen molar-refractivity contribution < 1.29 is 14.6 Å². The number of hydrogen-bond donors (Lipinski definition) is 1. The second kappa shape index (κ2) is 7.45. The van der Waals surface area contributed by atoms with Gasteiger partial charge in [-0.3, -0.25) is 0 Å². The van der Waals surface area contributed by atoms with E-state index >= 15 is 0 Å². The lowest BCUT2D eigenvalue weighted by molar-refractivity contribution is -0.150. The summed E-state index contributed by atoms with van der Waals surface area (Å²) in [6.07, 6.45) is -0.298. The Morgan fingerprint density at radius 3 is 2.37 bits per heavy atom. The van der Waals surface area contributed by atoms with Crippen molar-refractivity contribution in [3.8, 4) is 0 Å². The molecule has 0 aromatic carbocycles. The van der Waals surface area contributed by atoms with Gasteiger partial charge in [0, 0.05) is 23.7 Å². The summed E-state index contributed by atoms with van der Waals surface area (Å²) in [5.74, 6) is -0.293. The van der Waals surface area contributed by atoms with E-state index in [9.17, 15) is 4.79 Å². The molecule has 1 atom stereocenters. The molecule has 0 aliphatic rings. The van der Waals surface area contributed by atoms with Gasteiger partial charge in [0.1, 0.15) is 0 Å². The second-order valence-corrected chi connectivity index (χ2v) is 5.28. The van der Waals surface area contributed by atoms with Crippen molar-refractivity contribution in [2.75, 3.05) is 12.4 Å². The maximum absolute atomic E-state index is 10.9. The zero-order chi connectivity index (χ0) is 14.4. The zero-order valence-electron chi connectivity index (χ0n) is 11.8. The van der Waals surface area contributed by atoms with Crippen molar-refractivity contribution in [1.29, 1.82) is 0 Å². The van der Waals surface area contributed by atoms with Crippen LogP contribution >= 0.6 is 11.8 Å². The molecular formula is C13H20N2O3S. The van der Waals surface area contributed by atoms with E-state index in [0.29, 0.717) is 23.9 Å². The first-order valence-electron chi connectivity index (χ1n) is 6.24. The average molecular weight is 284 g/mol. The number of aryl methyl sites for hydroxylation is 2. The average Bonchev–Trinajstić information content (AvgIpc) is 2.34. The van der Waals surface area contributed by atoms with Gasteiger partial charge in [-0.1, -0.05) is 11.8 Å². The van der Waals surface area contributed by atoms with E-state index in [4.69, 9.17) is 9.84 Å². The number of nitrogens with zero attached hydrogens (tertiary/aromatic N) is 2. The van der Waals surface area contributed by atoms with Gasteiger partial charge >= 0.3 is 5.97 Å². The van der Waals surface area contributed by atoms with Crippen LogP contribution in [-0.2, 0) is 9.53 Å². The predicted molar refractivity (Wildman–Crippen MR) is 74.6 cm³/mol. The molecule has 1 unspecified atom stereocenters. The molecular weight excluding hydrogens is 264 g/mol. The normalized spacial score (nSPS) is 12.4. The van der Waals surface area contributed by atoms with Crippen LogP contribution in [0.4, 0.5) is 0 Å². The molecule has 1 heterocycles. The van der Waals surface area contributed by atoms with Crippen molar-refractivity contribution in [2.24, 2.45) is 0 Å². The molecule has 0 saturated heterocycles. The number of carbonyl (C=O) groups is 1. The van der Waals surface area contributed by atoms with E-state index in [1.165, 1.54) is 11.8 Å². The first kappa shape index (κ1) is 15.9. The van der Waals surface area contributed by atoms with E-state index in [0.717, 1.165) is 17.0 Å². The van der Waals surface area contributed by atoms with Crippen molar-refractivity contribution >= 4 is 17.7 Å². The van der Waals surface area contributed by atoms with E-state index in [1.54, 1.807) is 6.92 Å². The Kier molecular flexibility index (Phi) is 6.24. The third-order valence-corrected chi connectivity index (χ3v) is 3.75. The SMILES string of the molecule is CCOC(CCSc1nc(C)c(C)c(C)n1)C(=O)O. The second-order valence-electron chi connectivity index (χ2n) is 4.22. The van der Waals surface area contributed by atoms with Crippen LogP contribution in [0.3, 0.4) is 0 Å². The van der Waals surface area contributed by atoms with Crippen LogP contribution in [0.25, 0.3) is 0 Å². The quantitative estimate of drug-likeness (QED) is 0.612. The number of ether oxygens (including phenoxy) is 1. The maximum atomic E-state index is 10.9. The number of carboxylic acids is 1. The molecule has 19 heavy (non-hydrogen) atoms. The highest BCUT2D eigenvalue weighted by molar-refractivity contribution is 7.99. The van der Waals surface area contributed by atoms with Gasteiger partial charge in [-0.2, -0.15) is 0 Å². The van der Waals surface area contributed by atoms with Gasteiger partial charge in [-0.15, -0.1) is 0 Å². The van der Waals surface area contributed by atoms with Crippen LogP contribution in [0.2, 0.25) is 0 Å². The van der Waals surface area contributed by atoms with Crippen molar-refractivity contribution in [1.82, 2.24) is 9.97 Å². The summed E-state index contributed by atoms with van der Waals surface area (Å²) in [7, 11) is 0. The molecule has 0 amide bonds. The van der Waals surface area contributed by atoms with Gasteiger partial charge in [-0.05, 0) is 39.7 Å². The molecule has 0 bridgehead atoms. The Labute approximate surface area is 117 Å². The lowest BCUT2D eigenvalue weighted by atomic mass is 10.2. The highest BCUT2D eigenvalue weighted by Crippen LogP contribution is 2.18. The molecule has 1 aromatic rings. The van der Waals surface area contributed by atoms with E-state index in [2.05, 4.69) is 9.97 Å². The summed E-state index contributed by atoms with van der Waals surface area (Å²) in [6, 6.07) is 0. The molecule has 0 spiro atoms. The van der Waals surface area contributed by atoms with Crippen molar-refractivity contribution in [3.63, 3.8) is 0 Å². The van der Waals surface area contributed by atoms with Gasteiger partial charge in [0.15, 0.2) is 11.3 Å². The Balaban J connectivity index is 2.55. The number of aliphatic carboxylic acids is 1. The van der Waals surface area contributed by atoms with Crippen LogP contribution in [0.5, 0.6) is 0 Å². The fourth-order valence-electron chi connectivity index (χ4n) is 1.54. The Bertz CT molecular complexity index is 429. The highest BCUT2D eigenvalue weighted by Gasteiger charge is 2.17. The van der Waals surface area contributed by atoms with Crippen LogP contribution in [0.15, 0.2) is 5.16 Å². The van der Waals surface area contributed by atoms with Crippen LogP contribution in [0, 0.1) is 20.8 Å². The number of carboxylic acid groups (broad SMARTS) is 1. The Morgan fingerprint density at radius 2 is 1.89 bits per heavy atom.